The summed E-state index contributed by atoms with van der Waals surface area (Å²) in [5.41, 5.74) is 0. The third-order valence-corrected chi connectivity index (χ3v) is 3.44. The predicted octanol–water partition coefficient (Wildman–Crippen LogP) is 1.27. The standard InChI is InChI=1S/C11H21NO2/c1-12-5-3-9(4-6-12)14-11-7-10(8-11)13-2/h9-11H,3-8H2,1-2H3/t10-,11-. The number of ether oxygens (including phenoxy) is 2. The van der Waals surface area contributed by atoms with Gasteiger partial charge in [-0.05, 0) is 32.7 Å². The minimum atomic E-state index is 0.464. The van der Waals surface area contributed by atoms with E-state index in [1.165, 1.54) is 25.9 Å². The Morgan fingerprint density at radius 3 is 2.21 bits per heavy atom. The summed E-state index contributed by atoms with van der Waals surface area (Å²) >= 11 is 0. The maximum absolute atomic E-state index is 6.00. The number of methoxy groups -OCH3 is 1. The fourth-order valence-electron chi connectivity index (χ4n) is 2.21. The first-order valence-corrected chi connectivity index (χ1v) is 5.64. The molecular formula is C11H21NO2. The van der Waals surface area contributed by atoms with E-state index in [4.69, 9.17) is 9.47 Å². The Kier molecular flexibility index (Phi) is 3.42. The monoisotopic (exact) mass is 199 g/mol. The molecule has 1 aliphatic heterocycles. The number of hydrogen-bond donors (Lipinski definition) is 0. The van der Waals surface area contributed by atoms with Crippen molar-refractivity contribution in [2.24, 2.45) is 0 Å². The third kappa shape index (κ3) is 2.47. The van der Waals surface area contributed by atoms with Crippen molar-refractivity contribution in [1.82, 2.24) is 4.90 Å². The van der Waals surface area contributed by atoms with Crippen molar-refractivity contribution < 1.29 is 9.47 Å². The van der Waals surface area contributed by atoms with E-state index in [1.807, 2.05) is 0 Å². The molecule has 0 atom stereocenters. The van der Waals surface area contributed by atoms with Crippen LogP contribution in [-0.4, -0.2) is 50.5 Å². The number of hydrogen-bond acceptors (Lipinski definition) is 3. The summed E-state index contributed by atoms with van der Waals surface area (Å²) in [6, 6.07) is 0. The van der Waals surface area contributed by atoms with Gasteiger partial charge in [0.1, 0.15) is 0 Å². The zero-order valence-electron chi connectivity index (χ0n) is 9.24. The second-order valence-electron chi connectivity index (χ2n) is 4.59. The lowest BCUT2D eigenvalue weighted by Crippen LogP contribution is -2.42. The SMILES string of the molecule is CO[C@H]1C[C@H](OC2CCN(C)CC2)C1. The van der Waals surface area contributed by atoms with E-state index in [-0.39, 0.29) is 0 Å². The summed E-state index contributed by atoms with van der Waals surface area (Å²) in [6.07, 6.45) is 6.05. The minimum absolute atomic E-state index is 0.464. The van der Waals surface area contributed by atoms with Gasteiger partial charge in [-0.3, -0.25) is 0 Å². The van der Waals surface area contributed by atoms with Gasteiger partial charge in [0, 0.05) is 20.2 Å². The quantitative estimate of drug-likeness (QED) is 0.683. The van der Waals surface area contributed by atoms with E-state index < -0.39 is 0 Å². The van der Waals surface area contributed by atoms with Crippen LogP contribution in [0.1, 0.15) is 25.7 Å². The fourth-order valence-corrected chi connectivity index (χ4v) is 2.21. The van der Waals surface area contributed by atoms with Crippen molar-refractivity contribution >= 4 is 0 Å². The largest absolute Gasteiger partial charge is 0.381 e. The van der Waals surface area contributed by atoms with Crippen molar-refractivity contribution in [3.8, 4) is 0 Å². The van der Waals surface area contributed by atoms with E-state index in [0.717, 1.165) is 12.8 Å². The Labute approximate surface area is 86.4 Å². The zero-order valence-corrected chi connectivity index (χ0v) is 9.24. The molecule has 0 aromatic heterocycles. The molecule has 1 heterocycles. The smallest absolute Gasteiger partial charge is 0.0628 e. The van der Waals surface area contributed by atoms with Crippen LogP contribution in [0.25, 0.3) is 0 Å². The van der Waals surface area contributed by atoms with Crippen LogP contribution in [0.5, 0.6) is 0 Å². The molecule has 0 spiro atoms. The molecule has 2 fully saturated rings. The molecule has 1 saturated carbocycles. The van der Waals surface area contributed by atoms with Gasteiger partial charge in [-0.1, -0.05) is 0 Å². The van der Waals surface area contributed by atoms with Crippen molar-refractivity contribution in [2.45, 2.75) is 44.0 Å². The molecule has 0 N–H and O–H groups in total. The van der Waals surface area contributed by atoms with E-state index in [1.54, 1.807) is 7.11 Å². The maximum atomic E-state index is 6.00. The van der Waals surface area contributed by atoms with E-state index in [9.17, 15) is 0 Å². The molecule has 0 amide bonds. The van der Waals surface area contributed by atoms with Crippen molar-refractivity contribution in [3.05, 3.63) is 0 Å². The molecule has 0 radical (unpaired) electrons. The fraction of sp³-hybridized carbons (Fsp3) is 1.00. The highest BCUT2D eigenvalue weighted by atomic mass is 16.5. The second-order valence-corrected chi connectivity index (χ2v) is 4.59. The Morgan fingerprint density at radius 2 is 1.64 bits per heavy atom. The summed E-state index contributed by atoms with van der Waals surface area (Å²) < 4.78 is 11.2. The average Bonchev–Trinajstić information content (AvgIpc) is 2.13. The molecule has 2 aliphatic rings. The molecule has 1 saturated heterocycles. The number of rotatable bonds is 3. The van der Waals surface area contributed by atoms with Gasteiger partial charge in [0.15, 0.2) is 0 Å². The van der Waals surface area contributed by atoms with Crippen molar-refractivity contribution in [1.29, 1.82) is 0 Å². The first-order valence-electron chi connectivity index (χ1n) is 5.64. The van der Waals surface area contributed by atoms with Gasteiger partial charge >= 0.3 is 0 Å². The predicted molar refractivity (Wildman–Crippen MR) is 55.4 cm³/mol. The molecule has 0 aromatic rings. The molecular weight excluding hydrogens is 178 g/mol. The third-order valence-electron chi connectivity index (χ3n) is 3.44. The van der Waals surface area contributed by atoms with Crippen LogP contribution in [-0.2, 0) is 9.47 Å². The maximum Gasteiger partial charge on any atom is 0.0628 e. The lowest BCUT2D eigenvalue weighted by atomic mass is 9.91. The van der Waals surface area contributed by atoms with Gasteiger partial charge in [0.25, 0.3) is 0 Å². The summed E-state index contributed by atoms with van der Waals surface area (Å²) in [6.45, 7) is 2.37. The lowest BCUT2D eigenvalue weighted by Gasteiger charge is -2.38. The van der Waals surface area contributed by atoms with Crippen LogP contribution in [0.2, 0.25) is 0 Å². The Bertz CT molecular complexity index is 172. The highest BCUT2D eigenvalue weighted by Gasteiger charge is 2.32. The van der Waals surface area contributed by atoms with Crippen LogP contribution >= 0.6 is 0 Å². The van der Waals surface area contributed by atoms with Gasteiger partial charge in [0.2, 0.25) is 0 Å². The minimum Gasteiger partial charge on any atom is -0.381 e. The number of nitrogens with zero attached hydrogens (tertiary/aromatic N) is 1. The summed E-state index contributed by atoms with van der Waals surface area (Å²) in [5.74, 6) is 0. The van der Waals surface area contributed by atoms with Crippen LogP contribution in [0.3, 0.4) is 0 Å². The van der Waals surface area contributed by atoms with Crippen LogP contribution in [0.15, 0.2) is 0 Å². The molecule has 2 rings (SSSR count). The number of piperidine rings is 1. The Morgan fingerprint density at radius 1 is 1.00 bits per heavy atom. The molecule has 82 valence electrons. The molecule has 1 aliphatic carbocycles. The summed E-state index contributed by atoms with van der Waals surface area (Å²) in [7, 11) is 3.97. The van der Waals surface area contributed by atoms with Gasteiger partial charge in [0.05, 0.1) is 18.3 Å². The van der Waals surface area contributed by atoms with Crippen molar-refractivity contribution in [2.75, 3.05) is 27.2 Å². The Balaban J connectivity index is 1.62. The van der Waals surface area contributed by atoms with Crippen LogP contribution < -0.4 is 0 Å². The first kappa shape index (κ1) is 10.4. The first-order chi connectivity index (χ1) is 6.78. The van der Waals surface area contributed by atoms with Gasteiger partial charge < -0.3 is 14.4 Å². The summed E-state index contributed by atoms with van der Waals surface area (Å²) in [4.78, 5) is 2.37. The Hall–Kier alpha value is -0.120. The lowest BCUT2D eigenvalue weighted by molar-refractivity contribution is -0.125. The van der Waals surface area contributed by atoms with Gasteiger partial charge in [-0.2, -0.15) is 0 Å². The molecule has 14 heavy (non-hydrogen) atoms. The highest BCUT2D eigenvalue weighted by Crippen LogP contribution is 2.28. The molecule has 3 nitrogen and oxygen atoms in total. The topological polar surface area (TPSA) is 21.7 Å². The molecule has 0 aromatic carbocycles. The van der Waals surface area contributed by atoms with E-state index in [2.05, 4.69) is 11.9 Å². The van der Waals surface area contributed by atoms with Crippen LogP contribution in [0.4, 0.5) is 0 Å². The molecule has 0 bridgehead atoms. The van der Waals surface area contributed by atoms with E-state index in [0.29, 0.717) is 18.3 Å². The molecule has 0 unspecified atom stereocenters. The van der Waals surface area contributed by atoms with Crippen molar-refractivity contribution in [3.63, 3.8) is 0 Å². The summed E-state index contributed by atoms with van der Waals surface area (Å²) in [5, 5.41) is 0. The van der Waals surface area contributed by atoms with Gasteiger partial charge in [-0.25, -0.2) is 0 Å². The van der Waals surface area contributed by atoms with E-state index >= 15 is 0 Å². The zero-order chi connectivity index (χ0) is 9.97. The second kappa shape index (κ2) is 4.60. The highest BCUT2D eigenvalue weighted by molar-refractivity contribution is 4.83. The molecule has 3 heteroatoms. The van der Waals surface area contributed by atoms with Gasteiger partial charge in [-0.15, -0.1) is 0 Å². The average molecular weight is 199 g/mol. The normalized spacial score (nSPS) is 35.6. The van der Waals surface area contributed by atoms with Crippen LogP contribution in [0, 0.1) is 0 Å². The number of likely N-dealkylation sites (tertiary alicyclic amines) is 1.